The van der Waals surface area contributed by atoms with E-state index in [0.717, 1.165) is 24.8 Å². The molecular formula is C14H28N2. The van der Waals surface area contributed by atoms with Crippen LogP contribution in [0.15, 0.2) is 0 Å². The first-order valence-electron chi connectivity index (χ1n) is 7.25. The summed E-state index contributed by atoms with van der Waals surface area (Å²) in [7, 11) is 0. The molecule has 16 heavy (non-hydrogen) atoms. The molecule has 0 bridgehead atoms. The highest BCUT2D eigenvalue weighted by Crippen LogP contribution is 2.47. The van der Waals surface area contributed by atoms with Gasteiger partial charge in [-0.2, -0.15) is 0 Å². The predicted molar refractivity (Wildman–Crippen MR) is 69.1 cm³/mol. The predicted octanol–water partition coefficient (Wildman–Crippen LogP) is 2.80. The fourth-order valence-electron chi connectivity index (χ4n) is 3.83. The van der Waals surface area contributed by atoms with E-state index in [-0.39, 0.29) is 5.54 Å². The lowest BCUT2D eigenvalue weighted by Gasteiger charge is -2.49. The zero-order valence-corrected chi connectivity index (χ0v) is 10.6. The van der Waals surface area contributed by atoms with Crippen LogP contribution in [0.2, 0.25) is 0 Å². The summed E-state index contributed by atoms with van der Waals surface area (Å²) in [6, 6.07) is 0. The lowest BCUT2D eigenvalue weighted by atomic mass is 9.59. The Bertz CT molecular complexity index is 217. The third-order valence-corrected chi connectivity index (χ3v) is 4.98. The molecule has 0 saturated heterocycles. The van der Waals surface area contributed by atoms with Gasteiger partial charge in [-0.3, -0.25) is 0 Å². The van der Waals surface area contributed by atoms with Gasteiger partial charge in [0.1, 0.15) is 0 Å². The maximum Gasteiger partial charge on any atom is 0.0197 e. The van der Waals surface area contributed by atoms with Crippen LogP contribution in [0, 0.1) is 11.8 Å². The van der Waals surface area contributed by atoms with Crippen LogP contribution in [-0.2, 0) is 0 Å². The third kappa shape index (κ3) is 2.60. The van der Waals surface area contributed by atoms with Crippen molar-refractivity contribution in [1.82, 2.24) is 0 Å². The van der Waals surface area contributed by atoms with Gasteiger partial charge in [0.2, 0.25) is 0 Å². The molecule has 94 valence electrons. The molecular weight excluding hydrogens is 196 g/mol. The Morgan fingerprint density at radius 1 is 0.938 bits per heavy atom. The summed E-state index contributed by atoms with van der Waals surface area (Å²) in [6.07, 6.45) is 13.4. The topological polar surface area (TPSA) is 52.0 Å². The van der Waals surface area contributed by atoms with Crippen molar-refractivity contribution in [2.75, 3.05) is 6.54 Å². The first-order chi connectivity index (χ1) is 7.76. The van der Waals surface area contributed by atoms with Crippen molar-refractivity contribution in [2.45, 2.75) is 69.7 Å². The summed E-state index contributed by atoms with van der Waals surface area (Å²) >= 11 is 0. The molecule has 0 aliphatic heterocycles. The smallest absolute Gasteiger partial charge is 0.0197 e. The van der Waals surface area contributed by atoms with Crippen molar-refractivity contribution in [3.05, 3.63) is 0 Å². The molecule has 2 rings (SSSR count). The van der Waals surface area contributed by atoms with Crippen LogP contribution in [0.25, 0.3) is 0 Å². The van der Waals surface area contributed by atoms with E-state index in [2.05, 4.69) is 0 Å². The SMILES string of the molecule is NCCC1(N)CCCCCCCC2CCC21. The Hall–Kier alpha value is -0.0800. The summed E-state index contributed by atoms with van der Waals surface area (Å²) in [4.78, 5) is 0. The molecule has 0 aromatic carbocycles. The van der Waals surface area contributed by atoms with Crippen molar-refractivity contribution >= 4 is 0 Å². The van der Waals surface area contributed by atoms with E-state index < -0.39 is 0 Å². The van der Waals surface area contributed by atoms with Crippen LogP contribution < -0.4 is 11.5 Å². The van der Waals surface area contributed by atoms with Gasteiger partial charge >= 0.3 is 0 Å². The second kappa shape index (κ2) is 5.50. The zero-order valence-electron chi connectivity index (χ0n) is 10.6. The Morgan fingerprint density at radius 2 is 1.69 bits per heavy atom. The van der Waals surface area contributed by atoms with Gasteiger partial charge in [-0.15, -0.1) is 0 Å². The third-order valence-electron chi connectivity index (χ3n) is 4.98. The van der Waals surface area contributed by atoms with Gasteiger partial charge in [0.05, 0.1) is 0 Å². The Balaban J connectivity index is 2.00. The average Bonchev–Trinajstić information content (AvgIpc) is 2.19. The van der Waals surface area contributed by atoms with Gasteiger partial charge in [-0.25, -0.2) is 0 Å². The van der Waals surface area contributed by atoms with Gasteiger partial charge in [-0.1, -0.05) is 38.5 Å². The second-order valence-electron chi connectivity index (χ2n) is 6.02. The van der Waals surface area contributed by atoms with E-state index in [9.17, 15) is 0 Å². The largest absolute Gasteiger partial charge is 0.330 e. The lowest BCUT2D eigenvalue weighted by molar-refractivity contribution is 0.0554. The molecule has 3 atom stereocenters. The molecule has 2 heteroatoms. The fourth-order valence-corrected chi connectivity index (χ4v) is 3.83. The van der Waals surface area contributed by atoms with Crippen LogP contribution >= 0.6 is 0 Å². The first kappa shape index (κ1) is 12.4. The molecule has 2 aliphatic rings. The molecule has 0 spiro atoms. The van der Waals surface area contributed by atoms with Gasteiger partial charge in [0, 0.05) is 5.54 Å². The van der Waals surface area contributed by atoms with Crippen molar-refractivity contribution < 1.29 is 0 Å². The van der Waals surface area contributed by atoms with Crippen LogP contribution in [-0.4, -0.2) is 12.1 Å². The molecule has 2 saturated carbocycles. The molecule has 0 aromatic heterocycles. The van der Waals surface area contributed by atoms with Gasteiger partial charge < -0.3 is 11.5 Å². The van der Waals surface area contributed by atoms with E-state index in [1.165, 1.54) is 57.8 Å². The number of nitrogens with two attached hydrogens (primary N) is 2. The lowest BCUT2D eigenvalue weighted by Crippen LogP contribution is -2.55. The van der Waals surface area contributed by atoms with E-state index in [0.29, 0.717) is 0 Å². The summed E-state index contributed by atoms with van der Waals surface area (Å²) in [5.41, 5.74) is 12.5. The van der Waals surface area contributed by atoms with E-state index in [4.69, 9.17) is 11.5 Å². The fraction of sp³-hybridized carbons (Fsp3) is 1.00. The average molecular weight is 224 g/mol. The minimum Gasteiger partial charge on any atom is -0.330 e. The van der Waals surface area contributed by atoms with Crippen LogP contribution in [0.5, 0.6) is 0 Å². The highest BCUT2D eigenvalue weighted by Gasteiger charge is 2.43. The molecule has 2 nitrogen and oxygen atoms in total. The minimum absolute atomic E-state index is 0.0784. The van der Waals surface area contributed by atoms with Gasteiger partial charge in [0.15, 0.2) is 0 Å². The Kier molecular flexibility index (Phi) is 4.26. The van der Waals surface area contributed by atoms with Crippen LogP contribution in [0.3, 0.4) is 0 Å². The molecule has 4 N–H and O–H groups in total. The number of hydrogen-bond acceptors (Lipinski definition) is 2. The van der Waals surface area contributed by atoms with Crippen molar-refractivity contribution in [1.29, 1.82) is 0 Å². The molecule has 2 fully saturated rings. The second-order valence-corrected chi connectivity index (χ2v) is 6.02. The first-order valence-corrected chi connectivity index (χ1v) is 7.25. The van der Waals surface area contributed by atoms with Crippen LogP contribution in [0.1, 0.15) is 64.2 Å². The standard InChI is InChI=1S/C14H28N2/c15-11-10-14(16)9-5-3-1-2-4-6-12-7-8-13(12)14/h12-13H,1-11,15-16H2. The summed E-state index contributed by atoms with van der Waals surface area (Å²) < 4.78 is 0. The quantitative estimate of drug-likeness (QED) is 0.758. The van der Waals surface area contributed by atoms with Crippen molar-refractivity contribution in [3.8, 4) is 0 Å². The van der Waals surface area contributed by atoms with Crippen molar-refractivity contribution in [3.63, 3.8) is 0 Å². The normalized spacial score (nSPS) is 40.9. The van der Waals surface area contributed by atoms with E-state index >= 15 is 0 Å². The Morgan fingerprint density at radius 3 is 2.38 bits per heavy atom. The maximum atomic E-state index is 6.66. The summed E-state index contributed by atoms with van der Waals surface area (Å²) in [5.74, 6) is 1.71. The van der Waals surface area contributed by atoms with Crippen molar-refractivity contribution in [2.24, 2.45) is 23.3 Å². The molecule has 0 amide bonds. The summed E-state index contributed by atoms with van der Waals surface area (Å²) in [6.45, 7) is 0.764. The molecule has 3 unspecified atom stereocenters. The van der Waals surface area contributed by atoms with Crippen LogP contribution in [0.4, 0.5) is 0 Å². The van der Waals surface area contributed by atoms with Gasteiger partial charge in [0.25, 0.3) is 0 Å². The number of rotatable bonds is 2. The molecule has 0 radical (unpaired) electrons. The zero-order chi connectivity index (χ0) is 11.4. The number of hydrogen-bond donors (Lipinski definition) is 2. The highest BCUT2D eigenvalue weighted by atomic mass is 14.8. The highest BCUT2D eigenvalue weighted by molar-refractivity contribution is 4.99. The maximum absolute atomic E-state index is 6.66. The van der Waals surface area contributed by atoms with E-state index in [1.54, 1.807) is 0 Å². The van der Waals surface area contributed by atoms with E-state index in [1.807, 2.05) is 0 Å². The molecule has 0 aromatic rings. The van der Waals surface area contributed by atoms with Gasteiger partial charge in [-0.05, 0) is 44.1 Å². The Labute approximate surface area is 100 Å². The summed E-state index contributed by atoms with van der Waals surface area (Å²) in [5, 5.41) is 0. The monoisotopic (exact) mass is 224 g/mol. The number of fused-ring (bicyclic) bond motifs is 1. The minimum atomic E-state index is 0.0784. The molecule has 0 heterocycles. The molecule has 2 aliphatic carbocycles.